The lowest BCUT2D eigenvalue weighted by Crippen LogP contribution is -2.67. The van der Waals surface area contributed by atoms with Crippen LogP contribution < -0.4 is 5.32 Å². The molecular formula is C38H50N2O3. The summed E-state index contributed by atoms with van der Waals surface area (Å²) in [6.07, 6.45) is 9.40. The number of ketones is 2. The van der Waals surface area contributed by atoms with Gasteiger partial charge in [-0.3, -0.25) is 14.4 Å². The molecule has 7 atom stereocenters. The Morgan fingerprint density at radius 1 is 1.00 bits per heavy atom. The van der Waals surface area contributed by atoms with Gasteiger partial charge in [0.05, 0.1) is 12.0 Å². The molecule has 4 aliphatic rings. The standard InChI is InChI=1S/C38H50N2O3/c1-9-30-35(5,6)33(43)26(23-39)21-37(30,8)27-20-29(41)32-28-22-34(3,4)15-17-38(28,18-16-36(32,7)24(27)2)40-31(42)19-25-13-11-10-12-14-25/h10-14,20-21,24,28,30,32H,9,15-19,22H2,1-8H3,(H,40,42). The van der Waals surface area contributed by atoms with Crippen LogP contribution in [-0.4, -0.2) is 23.0 Å². The first kappa shape index (κ1) is 31.4. The normalized spacial score (nSPS) is 38.1. The summed E-state index contributed by atoms with van der Waals surface area (Å²) in [5.41, 5.74) is 0.386. The number of nitriles is 1. The fraction of sp³-hybridized carbons (Fsp3) is 0.632. The molecule has 0 spiro atoms. The van der Waals surface area contributed by atoms with E-state index in [0.717, 1.165) is 49.7 Å². The van der Waals surface area contributed by atoms with Gasteiger partial charge in [0.1, 0.15) is 6.07 Å². The second kappa shape index (κ2) is 10.6. The number of nitrogens with zero attached hydrogens (tertiary/aromatic N) is 1. The van der Waals surface area contributed by atoms with Crippen LogP contribution in [0.1, 0.15) is 99.5 Å². The Balaban J connectivity index is 1.56. The molecule has 43 heavy (non-hydrogen) atoms. The van der Waals surface area contributed by atoms with Crippen molar-refractivity contribution in [2.45, 2.75) is 106 Å². The van der Waals surface area contributed by atoms with Crippen molar-refractivity contribution in [3.05, 3.63) is 59.2 Å². The minimum Gasteiger partial charge on any atom is -0.350 e. The SMILES string of the molecule is CCC1C(C)(C)C(=O)C(C#N)=CC1(C)C1=CC(=O)C2C3CC(C)(C)CCC3(NC(=O)Cc3ccccc3)CCC2(C)C1C. The van der Waals surface area contributed by atoms with E-state index in [0.29, 0.717) is 6.42 Å². The molecular weight excluding hydrogens is 532 g/mol. The Kier molecular flexibility index (Phi) is 7.72. The maximum absolute atomic E-state index is 14.6. The van der Waals surface area contributed by atoms with Gasteiger partial charge in [0, 0.05) is 22.3 Å². The van der Waals surface area contributed by atoms with Gasteiger partial charge >= 0.3 is 0 Å². The third kappa shape index (κ3) is 4.94. The lowest BCUT2D eigenvalue weighted by molar-refractivity contribution is -0.148. The van der Waals surface area contributed by atoms with Crippen molar-refractivity contribution in [2.75, 3.05) is 0 Å². The molecule has 0 heterocycles. The Bertz CT molecular complexity index is 1430. The number of rotatable bonds is 5. The number of nitrogens with one attached hydrogen (secondary N) is 1. The number of allylic oxidation sites excluding steroid dienone is 4. The Morgan fingerprint density at radius 2 is 1.65 bits per heavy atom. The second-order valence-corrected chi connectivity index (χ2v) is 16.0. The number of hydrogen-bond acceptors (Lipinski definition) is 4. The maximum atomic E-state index is 14.6. The lowest BCUT2D eigenvalue weighted by atomic mass is 9.42. The molecule has 1 aromatic rings. The zero-order valence-electron chi connectivity index (χ0n) is 27.5. The fourth-order valence-corrected chi connectivity index (χ4v) is 10.2. The molecule has 5 nitrogen and oxygen atoms in total. The van der Waals surface area contributed by atoms with Crippen molar-refractivity contribution in [3.8, 4) is 6.07 Å². The summed E-state index contributed by atoms with van der Waals surface area (Å²) in [5.74, 6) is -0.00924. The smallest absolute Gasteiger partial charge is 0.224 e. The average Bonchev–Trinajstić information content (AvgIpc) is 2.94. The van der Waals surface area contributed by atoms with Crippen LogP contribution in [0, 0.1) is 56.7 Å². The number of Topliss-reactive ketones (excluding diaryl/α,β-unsaturated/α-hetero) is 1. The van der Waals surface area contributed by atoms with Gasteiger partial charge in [-0.15, -0.1) is 0 Å². The molecule has 230 valence electrons. The summed E-state index contributed by atoms with van der Waals surface area (Å²) in [7, 11) is 0. The minimum atomic E-state index is -0.706. The second-order valence-electron chi connectivity index (χ2n) is 16.0. The van der Waals surface area contributed by atoms with E-state index in [4.69, 9.17) is 0 Å². The van der Waals surface area contributed by atoms with E-state index in [1.54, 1.807) is 0 Å². The van der Waals surface area contributed by atoms with Crippen molar-refractivity contribution in [1.82, 2.24) is 5.32 Å². The van der Waals surface area contributed by atoms with Gasteiger partial charge < -0.3 is 5.32 Å². The lowest BCUT2D eigenvalue weighted by Gasteiger charge is -2.63. The topological polar surface area (TPSA) is 87.0 Å². The van der Waals surface area contributed by atoms with Gasteiger partial charge in [-0.05, 0) is 72.3 Å². The van der Waals surface area contributed by atoms with Crippen LogP contribution in [0.25, 0.3) is 0 Å². The van der Waals surface area contributed by atoms with Crippen molar-refractivity contribution >= 4 is 17.5 Å². The highest BCUT2D eigenvalue weighted by atomic mass is 16.2. The Morgan fingerprint density at radius 3 is 2.28 bits per heavy atom. The van der Waals surface area contributed by atoms with E-state index >= 15 is 0 Å². The predicted octanol–water partition coefficient (Wildman–Crippen LogP) is 7.56. The molecule has 7 unspecified atom stereocenters. The van der Waals surface area contributed by atoms with Crippen molar-refractivity contribution in [3.63, 3.8) is 0 Å². The summed E-state index contributed by atoms with van der Waals surface area (Å²) >= 11 is 0. The summed E-state index contributed by atoms with van der Waals surface area (Å²) < 4.78 is 0. The third-order valence-corrected chi connectivity index (χ3v) is 12.6. The van der Waals surface area contributed by atoms with Crippen LogP contribution in [0.4, 0.5) is 0 Å². The van der Waals surface area contributed by atoms with Gasteiger partial charge in [-0.25, -0.2) is 0 Å². The molecule has 5 heteroatoms. The van der Waals surface area contributed by atoms with Crippen molar-refractivity contribution < 1.29 is 14.4 Å². The third-order valence-electron chi connectivity index (χ3n) is 12.6. The highest BCUT2D eigenvalue weighted by Gasteiger charge is 2.64. The van der Waals surface area contributed by atoms with E-state index in [9.17, 15) is 19.6 Å². The minimum absolute atomic E-state index is 0.0279. The van der Waals surface area contributed by atoms with Crippen LogP contribution in [0.2, 0.25) is 0 Å². The zero-order chi connectivity index (χ0) is 31.6. The number of fused-ring (bicyclic) bond motifs is 3. The highest BCUT2D eigenvalue weighted by molar-refractivity contribution is 6.04. The first-order valence-corrected chi connectivity index (χ1v) is 16.3. The summed E-state index contributed by atoms with van der Waals surface area (Å²) in [4.78, 5) is 41.4. The zero-order valence-corrected chi connectivity index (χ0v) is 27.5. The van der Waals surface area contributed by atoms with Gasteiger partial charge in [0.25, 0.3) is 0 Å². The molecule has 2 fully saturated rings. The monoisotopic (exact) mass is 582 g/mol. The first-order valence-electron chi connectivity index (χ1n) is 16.3. The van der Waals surface area contributed by atoms with Gasteiger partial charge in [-0.1, -0.05) is 104 Å². The summed E-state index contributed by atoms with van der Waals surface area (Å²) in [6, 6.07) is 12.1. The van der Waals surface area contributed by atoms with Gasteiger partial charge in [-0.2, -0.15) is 5.26 Å². The maximum Gasteiger partial charge on any atom is 0.224 e. The van der Waals surface area contributed by atoms with E-state index < -0.39 is 16.4 Å². The number of carbonyl (C=O) groups is 3. The molecule has 0 radical (unpaired) electrons. The molecule has 1 amide bonds. The van der Waals surface area contributed by atoms with Crippen LogP contribution in [-0.2, 0) is 20.8 Å². The van der Waals surface area contributed by atoms with Crippen LogP contribution in [0.15, 0.2) is 53.6 Å². The van der Waals surface area contributed by atoms with Crippen LogP contribution >= 0.6 is 0 Å². The molecule has 0 aliphatic heterocycles. The van der Waals surface area contributed by atoms with Crippen molar-refractivity contribution in [1.29, 1.82) is 5.26 Å². The van der Waals surface area contributed by atoms with Crippen LogP contribution in [0.3, 0.4) is 0 Å². The fourth-order valence-electron chi connectivity index (χ4n) is 10.2. The van der Waals surface area contributed by atoms with E-state index in [-0.39, 0.29) is 57.5 Å². The molecule has 0 bridgehead atoms. The molecule has 5 rings (SSSR count). The average molecular weight is 583 g/mol. The summed E-state index contributed by atoms with van der Waals surface area (Å²) in [5, 5.41) is 13.5. The molecule has 4 aliphatic carbocycles. The van der Waals surface area contributed by atoms with Gasteiger partial charge in [0.2, 0.25) is 5.91 Å². The predicted molar refractivity (Wildman–Crippen MR) is 170 cm³/mol. The summed E-state index contributed by atoms with van der Waals surface area (Å²) in [6.45, 7) is 17.3. The molecule has 2 saturated carbocycles. The molecule has 1 N–H and O–H groups in total. The Hall–Kier alpha value is -3.00. The Labute approximate surface area is 258 Å². The largest absolute Gasteiger partial charge is 0.350 e. The van der Waals surface area contributed by atoms with E-state index in [1.165, 1.54) is 0 Å². The number of benzene rings is 1. The highest BCUT2D eigenvalue weighted by Crippen LogP contribution is 2.65. The van der Waals surface area contributed by atoms with Crippen molar-refractivity contribution in [2.24, 2.45) is 45.3 Å². The van der Waals surface area contributed by atoms with Crippen LogP contribution in [0.5, 0.6) is 0 Å². The van der Waals surface area contributed by atoms with E-state index in [2.05, 4.69) is 52.9 Å². The first-order chi connectivity index (χ1) is 20.0. The number of amides is 1. The molecule has 0 saturated heterocycles. The number of hydrogen-bond donors (Lipinski definition) is 1. The quantitative estimate of drug-likeness (QED) is 0.388. The van der Waals surface area contributed by atoms with Gasteiger partial charge in [0.15, 0.2) is 11.6 Å². The number of carbonyl (C=O) groups excluding carboxylic acids is 3. The molecule has 1 aromatic carbocycles. The van der Waals surface area contributed by atoms with E-state index in [1.807, 2.05) is 56.3 Å². The molecule has 0 aromatic heterocycles.